The maximum absolute atomic E-state index is 5.75. The lowest BCUT2D eigenvalue weighted by atomic mass is 10.1. The first kappa shape index (κ1) is 14.4. The average molecular weight is 291 g/mol. The van der Waals surface area contributed by atoms with E-state index in [4.69, 9.17) is 22.7 Å². The number of aromatic nitrogens is 4. The first-order valence-electron chi connectivity index (χ1n) is 6.37. The minimum atomic E-state index is 0.247. The van der Waals surface area contributed by atoms with Gasteiger partial charge in [0.25, 0.3) is 0 Å². The van der Waals surface area contributed by atoms with Crippen LogP contribution in [0.4, 0.5) is 0 Å². The van der Waals surface area contributed by atoms with Crippen molar-refractivity contribution >= 4 is 17.2 Å². The monoisotopic (exact) mass is 291 g/mol. The smallest absolute Gasteiger partial charge is 0.249 e. The van der Waals surface area contributed by atoms with Crippen molar-refractivity contribution in [2.24, 2.45) is 5.73 Å². The summed E-state index contributed by atoms with van der Waals surface area (Å²) in [6.07, 6.45) is 4.45. The lowest BCUT2D eigenvalue weighted by Gasteiger charge is -2.10. The van der Waals surface area contributed by atoms with Crippen LogP contribution in [0.1, 0.15) is 30.2 Å². The summed E-state index contributed by atoms with van der Waals surface area (Å²) in [5.41, 5.74) is 8.03. The van der Waals surface area contributed by atoms with E-state index in [-0.39, 0.29) is 4.99 Å². The molecule has 0 aliphatic rings. The zero-order chi connectivity index (χ0) is 14.7. The van der Waals surface area contributed by atoms with Crippen LogP contribution < -0.4 is 10.5 Å². The molecule has 0 aliphatic heterocycles. The zero-order valence-electron chi connectivity index (χ0n) is 11.8. The third-order valence-electron chi connectivity index (χ3n) is 2.95. The summed E-state index contributed by atoms with van der Waals surface area (Å²) in [7, 11) is 0. The lowest BCUT2D eigenvalue weighted by Crippen LogP contribution is -2.15. The van der Waals surface area contributed by atoms with E-state index in [9.17, 15) is 0 Å². The number of hydrogen-bond acceptors (Lipinski definition) is 5. The van der Waals surface area contributed by atoms with Crippen LogP contribution in [0.5, 0.6) is 11.6 Å². The number of nitrogens with zero attached hydrogens (tertiary/aromatic N) is 4. The molecule has 6 nitrogen and oxygen atoms in total. The Morgan fingerprint density at radius 2 is 2.15 bits per heavy atom. The molecule has 2 N–H and O–H groups in total. The van der Waals surface area contributed by atoms with E-state index in [0.29, 0.717) is 17.2 Å². The van der Waals surface area contributed by atoms with Gasteiger partial charge in [0.05, 0.1) is 23.7 Å². The Morgan fingerprint density at radius 3 is 2.80 bits per heavy atom. The minimum Gasteiger partial charge on any atom is -0.434 e. The van der Waals surface area contributed by atoms with Crippen molar-refractivity contribution in [3.05, 3.63) is 29.2 Å². The molecule has 2 aromatic rings. The van der Waals surface area contributed by atoms with Gasteiger partial charge in [0.1, 0.15) is 4.99 Å². The second-order valence-corrected chi connectivity index (χ2v) is 4.94. The maximum Gasteiger partial charge on any atom is 0.249 e. The molecule has 106 valence electrons. The molecule has 20 heavy (non-hydrogen) atoms. The van der Waals surface area contributed by atoms with Gasteiger partial charge in [-0.15, -0.1) is 5.10 Å². The molecule has 0 spiro atoms. The summed E-state index contributed by atoms with van der Waals surface area (Å²) >= 11 is 5.07. The molecule has 7 heteroatoms. The Labute approximate surface area is 123 Å². The van der Waals surface area contributed by atoms with E-state index < -0.39 is 0 Å². The first-order valence-corrected chi connectivity index (χ1v) is 6.77. The van der Waals surface area contributed by atoms with E-state index in [1.807, 2.05) is 24.7 Å². The molecular weight excluding hydrogens is 274 g/mol. The van der Waals surface area contributed by atoms with Gasteiger partial charge >= 0.3 is 0 Å². The molecule has 0 aliphatic carbocycles. The highest BCUT2D eigenvalue weighted by Crippen LogP contribution is 2.25. The summed E-state index contributed by atoms with van der Waals surface area (Å²) in [5.74, 6) is 0.908. The highest BCUT2D eigenvalue weighted by Gasteiger charge is 2.16. The van der Waals surface area contributed by atoms with E-state index in [2.05, 4.69) is 22.2 Å². The summed E-state index contributed by atoms with van der Waals surface area (Å²) in [6, 6.07) is 0. The standard InChI is InChI=1S/C13H17N5OS/c1-4-5-18-7-10(6-15-18)19-13-11(12(14)20)8(2)9(3)16-17-13/h6-7H,4-5H2,1-3H3,(H2,14,20). The number of nitrogens with two attached hydrogens (primary N) is 1. The molecule has 0 atom stereocenters. The van der Waals surface area contributed by atoms with Crippen molar-refractivity contribution in [3.8, 4) is 11.6 Å². The highest BCUT2D eigenvalue weighted by atomic mass is 32.1. The van der Waals surface area contributed by atoms with Gasteiger partial charge in [-0.2, -0.15) is 10.2 Å². The number of aryl methyl sites for hydroxylation is 2. The Hall–Kier alpha value is -2.02. The van der Waals surface area contributed by atoms with Crippen molar-refractivity contribution in [2.75, 3.05) is 0 Å². The molecule has 0 radical (unpaired) electrons. The van der Waals surface area contributed by atoms with Crippen LogP contribution >= 0.6 is 12.2 Å². The normalized spacial score (nSPS) is 10.6. The molecule has 0 bridgehead atoms. The van der Waals surface area contributed by atoms with Crippen LogP contribution in [-0.4, -0.2) is 25.0 Å². The fourth-order valence-corrected chi connectivity index (χ4v) is 2.05. The van der Waals surface area contributed by atoms with Crippen molar-refractivity contribution in [1.29, 1.82) is 0 Å². The zero-order valence-corrected chi connectivity index (χ0v) is 12.6. The molecule has 0 saturated carbocycles. The Balaban J connectivity index is 2.33. The van der Waals surface area contributed by atoms with Crippen LogP contribution in [0.25, 0.3) is 0 Å². The van der Waals surface area contributed by atoms with E-state index in [1.165, 1.54) is 0 Å². The minimum absolute atomic E-state index is 0.247. The molecule has 2 aromatic heterocycles. The van der Waals surface area contributed by atoms with Gasteiger partial charge in [-0.3, -0.25) is 4.68 Å². The van der Waals surface area contributed by atoms with Gasteiger partial charge < -0.3 is 10.5 Å². The topological polar surface area (TPSA) is 78.8 Å². The molecule has 2 rings (SSSR count). The predicted octanol–water partition coefficient (Wildman–Crippen LogP) is 2.13. The third-order valence-corrected chi connectivity index (χ3v) is 3.15. The Kier molecular flexibility index (Phi) is 4.29. The summed E-state index contributed by atoms with van der Waals surface area (Å²) in [4.78, 5) is 0.247. The maximum atomic E-state index is 5.75. The van der Waals surface area contributed by atoms with Crippen molar-refractivity contribution in [3.63, 3.8) is 0 Å². The summed E-state index contributed by atoms with van der Waals surface area (Å²) in [6.45, 7) is 6.67. The highest BCUT2D eigenvalue weighted by molar-refractivity contribution is 7.80. The van der Waals surface area contributed by atoms with E-state index in [1.54, 1.807) is 6.20 Å². The molecule has 0 amide bonds. The van der Waals surface area contributed by atoms with Crippen LogP contribution in [0.15, 0.2) is 12.4 Å². The fraction of sp³-hybridized carbons (Fsp3) is 0.385. The average Bonchev–Trinajstić information content (AvgIpc) is 2.81. The molecule has 0 unspecified atom stereocenters. The molecule has 0 saturated heterocycles. The molecule has 0 aromatic carbocycles. The third kappa shape index (κ3) is 2.93. The molecular formula is C13H17N5OS. The van der Waals surface area contributed by atoms with E-state index in [0.717, 1.165) is 24.2 Å². The van der Waals surface area contributed by atoms with Crippen molar-refractivity contribution < 1.29 is 4.74 Å². The number of rotatable bonds is 5. The van der Waals surface area contributed by atoms with Crippen LogP contribution in [-0.2, 0) is 6.54 Å². The Bertz CT molecular complexity index is 638. The van der Waals surface area contributed by atoms with Crippen molar-refractivity contribution in [2.45, 2.75) is 33.7 Å². The van der Waals surface area contributed by atoms with Gasteiger partial charge in [-0.05, 0) is 25.8 Å². The van der Waals surface area contributed by atoms with Gasteiger partial charge in [-0.1, -0.05) is 19.1 Å². The predicted molar refractivity (Wildman–Crippen MR) is 80.0 cm³/mol. The summed E-state index contributed by atoms with van der Waals surface area (Å²) < 4.78 is 7.52. The Morgan fingerprint density at radius 1 is 1.40 bits per heavy atom. The van der Waals surface area contributed by atoms with Crippen LogP contribution in [0, 0.1) is 13.8 Å². The largest absolute Gasteiger partial charge is 0.434 e. The number of hydrogen-bond donors (Lipinski definition) is 1. The van der Waals surface area contributed by atoms with Gasteiger partial charge in [-0.25, -0.2) is 0 Å². The second kappa shape index (κ2) is 5.96. The van der Waals surface area contributed by atoms with E-state index >= 15 is 0 Å². The van der Waals surface area contributed by atoms with Crippen molar-refractivity contribution in [1.82, 2.24) is 20.0 Å². The SMILES string of the molecule is CCCn1cc(Oc2nnc(C)c(C)c2C(N)=S)cn1. The second-order valence-electron chi connectivity index (χ2n) is 4.50. The molecule has 0 fully saturated rings. The van der Waals surface area contributed by atoms with Gasteiger partial charge in [0, 0.05) is 6.54 Å². The molecule has 2 heterocycles. The quantitative estimate of drug-likeness (QED) is 0.850. The summed E-state index contributed by atoms with van der Waals surface area (Å²) in [5, 5.41) is 12.3. The van der Waals surface area contributed by atoms with Gasteiger partial charge in [0.2, 0.25) is 5.88 Å². The van der Waals surface area contributed by atoms with Crippen LogP contribution in [0.3, 0.4) is 0 Å². The van der Waals surface area contributed by atoms with Gasteiger partial charge in [0.15, 0.2) is 5.75 Å². The number of thiocarbonyl (C=S) groups is 1. The first-order chi connectivity index (χ1) is 9.52. The lowest BCUT2D eigenvalue weighted by molar-refractivity contribution is 0.451. The van der Waals surface area contributed by atoms with Crippen LogP contribution in [0.2, 0.25) is 0 Å². The fourth-order valence-electron chi connectivity index (χ4n) is 1.81. The number of ether oxygens (including phenoxy) is 1.